The molecule has 15 rings (SSSR count). The molecule has 4 aromatic heterocycles. The molecule has 0 saturated carbocycles. The predicted molar refractivity (Wildman–Crippen MR) is 338 cm³/mol. The van der Waals surface area contributed by atoms with Gasteiger partial charge in [-0.3, -0.25) is 14.2 Å². The van der Waals surface area contributed by atoms with E-state index in [1.54, 1.807) is 4.57 Å². The Morgan fingerprint density at radius 2 is 0.536 bits per heavy atom. The van der Waals surface area contributed by atoms with Gasteiger partial charge in [0.15, 0.2) is 29.1 Å². The van der Waals surface area contributed by atoms with Gasteiger partial charge in [0.25, 0.3) is 11.1 Å². The maximum atomic E-state index is 15.3. The minimum atomic E-state index is -0.243. The fourth-order valence-corrected chi connectivity index (χ4v) is 11.4. The highest BCUT2D eigenvalue weighted by molar-refractivity contribution is 6.09. The van der Waals surface area contributed by atoms with Crippen LogP contribution >= 0.6 is 0 Å². The molecular formula is C74H46N8O2. The lowest BCUT2D eigenvalue weighted by Gasteiger charge is -2.18. The monoisotopic (exact) mass is 1080 g/mol. The summed E-state index contributed by atoms with van der Waals surface area (Å²) in [6, 6.07) is 92.2. The quantitative estimate of drug-likeness (QED) is 0.124. The Bertz CT molecular complexity index is 5060. The van der Waals surface area contributed by atoms with Crippen LogP contribution in [0.25, 0.3) is 145 Å². The number of benzene rings is 11. The predicted octanol–water partition coefficient (Wildman–Crippen LogP) is 16.3. The summed E-state index contributed by atoms with van der Waals surface area (Å²) >= 11 is 0. The maximum Gasteiger partial charge on any atom is 0.265 e. The van der Waals surface area contributed by atoms with Crippen molar-refractivity contribution in [3.05, 3.63) is 300 Å². The summed E-state index contributed by atoms with van der Waals surface area (Å²) in [5.41, 5.74) is 11.3. The first-order valence-corrected chi connectivity index (χ1v) is 27.7. The van der Waals surface area contributed by atoms with Crippen molar-refractivity contribution in [2.24, 2.45) is 0 Å². The summed E-state index contributed by atoms with van der Waals surface area (Å²) in [7, 11) is 0. The van der Waals surface area contributed by atoms with Crippen molar-refractivity contribution < 1.29 is 0 Å². The van der Waals surface area contributed by atoms with Gasteiger partial charge in [-0.2, -0.15) is 9.97 Å². The van der Waals surface area contributed by atoms with E-state index in [4.69, 9.17) is 29.9 Å². The van der Waals surface area contributed by atoms with Crippen molar-refractivity contribution in [3.63, 3.8) is 0 Å². The first-order valence-electron chi connectivity index (χ1n) is 27.7. The van der Waals surface area contributed by atoms with Crippen molar-refractivity contribution >= 4 is 43.4 Å². The Balaban J connectivity index is 0.933. The molecule has 84 heavy (non-hydrogen) atoms. The Morgan fingerprint density at radius 3 is 1.01 bits per heavy atom. The van der Waals surface area contributed by atoms with Gasteiger partial charge in [0.2, 0.25) is 5.95 Å². The summed E-state index contributed by atoms with van der Waals surface area (Å²) < 4.78 is 3.44. The molecule has 0 radical (unpaired) electrons. The molecule has 10 nitrogen and oxygen atoms in total. The fourth-order valence-electron chi connectivity index (χ4n) is 11.4. The molecule has 10 heteroatoms. The minimum absolute atomic E-state index is 0.153. The molecule has 0 bridgehead atoms. The maximum absolute atomic E-state index is 15.3. The lowest BCUT2D eigenvalue weighted by atomic mass is 9.95. The molecule has 0 amide bonds. The molecule has 0 fully saturated rings. The van der Waals surface area contributed by atoms with Crippen LogP contribution in [0.5, 0.6) is 0 Å². The number of nitrogens with zero attached hydrogens (tertiary/aromatic N) is 8. The smallest absolute Gasteiger partial charge is 0.265 e. The first-order chi connectivity index (χ1) is 41.5. The molecule has 0 aliphatic rings. The molecule has 11 aromatic carbocycles. The molecule has 4 heterocycles. The number of pyridine rings is 2. The van der Waals surface area contributed by atoms with Crippen molar-refractivity contribution in [2.75, 3.05) is 0 Å². The van der Waals surface area contributed by atoms with Crippen LogP contribution in [0.3, 0.4) is 0 Å². The van der Waals surface area contributed by atoms with Gasteiger partial charge in [-0.15, -0.1) is 0 Å². The molecular weight excluding hydrogens is 1030 g/mol. The lowest BCUT2D eigenvalue weighted by Crippen LogP contribution is -2.22. The van der Waals surface area contributed by atoms with Crippen LogP contribution in [0.4, 0.5) is 0 Å². The van der Waals surface area contributed by atoms with Gasteiger partial charge < -0.3 is 0 Å². The second-order valence-electron chi connectivity index (χ2n) is 20.6. The van der Waals surface area contributed by atoms with Crippen molar-refractivity contribution in [2.45, 2.75) is 0 Å². The van der Waals surface area contributed by atoms with E-state index < -0.39 is 0 Å². The van der Waals surface area contributed by atoms with Gasteiger partial charge >= 0.3 is 0 Å². The molecule has 394 valence electrons. The highest BCUT2D eigenvalue weighted by atomic mass is 16.1. The topological polar surface area (TPSA) is 121 Å². The lowest BCUT2D eigenvalue weighted by molar-refractivity contribution is 0.907. The molecule has 15 aromatic rings. The normalized spacial score (nSPS) is 11.4. The zero-order valence-electron chi connectivity index (χ0n) is 45.0. The number of fused-ring (bicyclic) bond motifs is 6. The van der Waals surface area contributed by atoms with E-state index in [0.717, 1.165) is 82.7 Å². The number of hydrogen-bond donors (Lipinski definition) is 0. The van der Waals surface area contributed by atoms with E-state index in [9.17, 15) is 4.79 Å². The zero-order chi connectivity index (χ0) is 56.1. The van der Waals surface area contributed by atoms with Crippen LogP contribution < -0.4 is 11.1 Å². The average Bonchev–Trinajstić information content (AvgIpc) is 3.70. The van der Waals surface area contributed by atoms with Crippen LogP contribution in [0, 0.1) is 0 Å². The molecule has 0 spiro atoms. The second kappa shape index (κ2) is 20.8. The molecule has 0 aliphatic heterocycles. The molecule has 0 saturated heterocycles. The molecule has 0 unspecified atom stereocenters. The fraction of sp³-hybridized carbons (Fsp3) is 0. The van der Waals surface area contributed by atoms with E-state index in [-0.39, 0.29) is 17.1 Å². The van der Waals surface area contributed by atoms with Crippen molar-refractivity contribution in [1.29, 1.82) is 0 Å². The van der Waals surface area contributed by atoms with Gasteiger partial charge in [0.1, 0.15) is 0 Å². The molecule has 0 atom stereocenters. The summed E-state index contributed by atoms with van der Waals surface area (Å²) in [6.45, 7) is 0. The Kier molecular flexibility index (Phi) is 12.2. The van der Waals surface area contributed by atoms with Crippen LogP contribution in [0.15, 0.2) is 289 Å². The average molecular weight is 1080 g/mol. The first kappa shape index (κ1) is 49.4. The minimum Gasteiger partial charge on any atom is -0.276 e. The number of hydrogen-bond acceptors (Lipinski definition) is 8. The van der Waals surface area contributed by atoms with Gasteiger partial charge in [-0.05, 0) is 105 Å². The van der Waals surface area contributed by atoms with Crippen LogP contribution in [-0.2, 0) is 0 Å². The van der Waals surface area contributed by atoms with E-state index in [2.05, 4.69) is 66.7 Å². The van der Waals surface area contributed by atoms with Gasteiger partial charge in [0.05, 0.1) is 16.7 Å². The largest absolute Gasteiger partial charge is 0.276 e. The SMILES string of the molecule is O=c1c2ccccc2c2cc(-c3ccccc3)ccc2n1-c1cc(-c2cccc(-c3ccc4c(c3)c3ccccc3c(=O)n4-c3nc(-c4ccccc4)nc(-c4ccccc4)n3)c2)cc(-c2nc(-c3ccccc3)nc(-c3ccccc3)n2)c1. The molecule has 0 N–H and O–H groups in total. The van der Waals surface area contributed by atoms with Crippen LogP contribution in [0.1, 0.15) is 0 Å². The Labute approximate surface area is 481 Å². The van der Waals surface area contributed by atoms with E-state index >= 15 is 4.79 Å². The second-order valence-corrected chi connectivity index (χ2v) is 20.6. The number of aromatic nitrogens is 8. The van der Waals surface area contributed by atoms with E-state index in [0.29, 0.717) is 56.7 Å². The summed E-state index contributed by atoms with van der Waals surface area (Å²) in [5, 5.41) is 4.58. The third-order valence-electron chi connectivity index (χ3n) is 15.4. The van der Waals surface area contributed by atoms with Gasteiger partial charge in [-0.25, -0.2) is 24.5 Å². The third kappa shape index (κ3) is 8.97. The number of rotatable bonds is 10. The highest BCUT2D eigenvalue weighted by Crippen LogP contribution is 2.37. The summed E-state index contributed by atoms with van der Waals surface area (Å²) in [5.74, 6) is 2.61. The van der Waals surface area contributed by atoms with Crippen LogP contribution in [-0.4, -0.2) is 39.0 Å². The summed E-state index contributed by atoms with van der Waals surface area (Å²) in [6.07, 6.45) is 0. The van der Waals surface area contributed by atoms with Crippen LogP contribution in [0.2, 0.25) is 0 Å². The van der Waals surface area contributed by atoms with Crippen molar-refractivity contribution in [3.8, 4) is 102 Å². The van der Waals surface area contributed by atoms with E-state index in [1.165, 1.54) is 0 Å². The zero-order valence-corrected chi connectivity index (χ0v) is 45.0. The third-order valence-corrected chi connectivity index (χ3v) is 15.4. The highest BCUT2D eigenvalue weighted by Gasteiger charge is 2.22. The standard InChI is InChI=1S/C74H46N8O2/c83-72-61-35-18-16-33-59(61)63-45-54(47-21-6-1-7-22-47)37-39-65(63)81(72)58-43-56(42-57(44-58)71-76-67(48-23-8-2-9-24-48)75-68(77-71)49-25-10-3-11-26-49)53-32-20-31-52(41-53)55-38-40-66-64(46-55)60-34-17-19-36-62(60)73(84)82(66)74-79-69(50-27-12-4-13-28-50)78-70(80-74)51-29-14-5-15-30-51/h1-46H. The van der Waals surface area contributed by atoms with E-state index in [1.807, 2.05) is 217 Å². The summed E-state index contributed by atoms with van der Waals surface area (Å²) in [4.78, 5) is 60.5. The Hall–Kier alpha value is -11.6. The van der Waals surface area contributed by atoms with Gasteiger partial charge in [-0.1, -0.05) is 218 Å². The van der Waals surface area contributed by atoms with Gasteiger partial charge in [0, 0.05) is 49.4 Å². The van der Waals surface area contributed by atoms with Crippen molar-refractivity contribution in [1.82, 2.24) is 39.0 Å². The Morgan fingerprint density at radius 1 is 0.214 bits per heavy atom. The molecule has 0 aliphatic carbocycles.